The molecular formula is C8H14O4S3. The summed E-state index contributed by atoms with van der Waals surface area (Å²) in [6.45, 7) is 0. The molecule has 0 aliphatic rings. The van der Waals surface area contributed by atoms with Crippen LogP contribution in [0.4, 0.5) is 0 Å². The van der Waals surface area contributed by atoms with Crippen molar-refractivity contribution >= 4 is 43.4 Å². The maximum absolute atomic E-state index is 10.7. The van der Waals surface area contributed by atoms with Crippen LogP contribution in [0.25, 0.3) is 0 Å². The Labute approximate surface area is 101 Å². The van der Waals surface area contributed by atoms with Gasteiger partial charge in [0.25, 0.3) is 0 Å². The summed E-state index contributed by atoms with van der Waals surface area (Å²) in [7, 11) is 7.50. The third-order valence-electron chi connectivity index (χ3n) is 1.33. The average molecular weight is 270 g/mol. The molecule has 0 atom stereocenters. The smallest absolute Gasteiger partial charge is 0.306 e. The van der Waals surface area contributed by atoms with Gasteiger partial charge in [0.05, 0.1) is 27.1 Å². The Morgan fingerprint density at radius 3 is 1.67 bits per heavy atom. The number of hydrogen-bond acceptors (Lipinski definition) is 7. The molecule has 0 fully saturated rings. The van der Waals surface area contributed by atoms with E-state index in [1.54, 1.807) is 31.4 Å². The van der Waals surface area contributed by atoms with Crippen molar-refractivity contribution in [3.8, 4) is 0 Å². The molecule has 0 radical (unpaired) electrons. The lowest BCUT2D eigenvalue weighted by Crippen LogP contribution is -2.00. The molecule has 15 heavy (non-hydrogen) atoms. The largest absolute Gasteiger partial charge is 0.469 e. The van der Waals surface area contributed by atoms with Gasteiger partial charge in [-0.25, -0.2) is 0 Å². The Balaban J connectivity index is 3.11. The van der Waals surface area contributed by atoms with Crippen molar-refractivity contribution in [2.45, 2.75) is 12.8 Å². The SMILES string of the molecule is COC(=O)CCSSSCCC(=O)OC. The molecule has 0 aliphatic heterocycles. The van der Waals surface area contributed by atoms with Gasteiger partial charge in [-0.2, -0.15) is 0 Å². The molecule has 0 spiro atoms. The zero-order valence-electron chi connectivity index (χ0n) is 8.69. The number of rotatable bonds is 8. The second kappa shape index (κ2) is 10.5. The molecular weight excluding hydrogens is 256 g/mol. The van der Waals surface area contributed by atoms with E-state index in [1.165, 1.54) is 14.2 Å². The van der Waals surface area contributed by atoms with Gasteiger partial charge in [-0.3, -0.25) is 9.59 Å². The van der Waals surface area contributed by atoms with E-state index in [1.807, 2.05) is 0 Å². The molecule has 0 bridgehead atoms. The van der Waals surface area contributed by atoms with Gasteiger partial charge < -0.3 is 9.47 Å². The number of ether oxygens (including phenoxy) is 2. The Morgan fingerprint density at radius 2 is 1.33 bits per heavy atom. The van der Waals surface area contributed by atoms with Crippen LogP contribution in [-0.2, 0) is 19.1 Å². The van der Waals surface area contributed by atoms with Gasteiger partial charge in [0, 0.05) is 11.5 Å². The Morgan fingerprint density at radius 1 is 0.933 bits per heavy atom. The lowest BCUT2D eigenvalue weighted by atomic mass is 10.5. The first-order valence-electron chi connectivity index (χ1n) is 4.25. The summed E-state index contributed by atoms with van der Waals surface area (Å²) >= 11 is 0. The highest BCUT2D eigenvalue weighted by Crippen LogP contribution is 2.35. The van der Waals surface area contributed by atoms with Crippen LogP contribution >= 0.6 is 31.4 Å². The molecule has 0 heterocycles. The quantitative estimate of drug-likeness (QED) is 0.380. The third kappa shape index (κ3) is 10.3. The normalized spacial score (nSPS) is 9.73. The highest BCUT2D eigenvalue weighted by Gasteiger charge is 2.02. The first-order valence-corrected chi connectivity index (χ1v) is 8.07. The summed E-state index contributed by atoms with van der Waals surface area (Å²) in [5.74, 6) is 1.07. The topological polar surface area (TPSA) is 52.6 Å². The second-order valence-electron chi connectivity index (χ2n) is 2.36. The van der Waals surface area contributed by atoms with Crippen molar-refractivity contribution in [2.75, 3.05) is 25.7 Å². The van der Waals surface area contributed by atoms with Crippen molar-refractivity contribution < 1.29 is 19.1 Å². The molecule has 0 N–H and O–H groups in total. The zero-order valence-corrected chi connectivity index (χ0v) is 11.1. The van der Waals surface area contributed by atoms with Crippen LogP contribution in [-0.4, -0.2) is 37.7 Å². The highest BCUT2D eigenvalue weighted by molar-refractivity contribution is 9.09. The van der Waals surface area contributed by atoms with Crippen LogP contribution in [0, 0.1) is 0 Å². The van der Waals surface area contributed by atoms with E-state index >= 15 is 0 Å². The lowest BCUT2D eigenvalue weighted by molar-refractivity contribution is -0.140. The van der Waals surface area contributed by atoms with Crippen LogP contribution in [0.3, 0.4) is 0 Å². The van der Waals surface area contributed by atoms with Crippen LogP contribution < -0.4 is 0 Å². The number of carbonyl (C=O) groups is 2. The molecule has 0 aliphatic carbocycles. The maximum atomic E-state index is 10.7. The van der Waals surface area contributed by atoms with Crippen molar-refractivity contribution in [2.24, 2.45) is 0 Å². The van der Waals surface area contributed by atoms with Crippen LogP contribution in [0.2, 0.25) is 0 Å². The molecule has 0 aromatic rings. The van der Waals surface area contributed by atoms with Crippen molar-refractivity contribution in [3.63, 3.8) is 0 Å². The van der Waals surface area contributed by atoms with Crippen molar-refractivity contribution in [1.82, 2.24) is 0 Å². The predicted octanol–water partition coefficient (Wildman–Crippen LogP) is 2.14. The minimum Gasteiger partial charge on any atom is -0.469 e. The second-order valence-corrected chi connectivity index (χ2v) is 6.84. The molecule has 0 aromatic heterocycles. The first kappa shape index (κ1) is 15.0. The van der Waals surface area contributed by atoms with Gasteiger partial charge in [0.15, 0.2) is 0 Å². The molecule has 88 valence electrons. The van der Waals surface area contributed by atoms with Crippen LogP contribution in [0.15, 0.2) is 0 Å². The third-order valence-corrected chi connectivity index (χ3v) is 5.57. The standard InChI is InChI=1S/C8H14O4S3/c1-11-7(9)3-5-13-15-14-6-4-8(10)12-2/h3-6H2,1-2H3. The van der Waals surface area contributed by atoms with E-state index in [9.17, 15) is 9.59 Å². The average Bonchev–Trinajstić information content (AvgIpc) is 2.26. The molecule has 0 aromatic carbocycles. The Kier molecular flexibility index (Phi) is 10.5. The molecule has 0 rings (SSSR count). The summed E-state index contributed by atoms with van der Waals surface area (Å²) in [4.78, 5) is 21.4. The van der Waals surface area contributed by atoms with Gasteiger partial charge in [-0.1, -0.05) is 21.6 Å². The Hall–Kier alpha value is -0.0100. The summed E-state index contributed by atoms with van der Waals surface area (Å²) in [5, 5.41) is 0. The zero-order chi connectivity index (χ0) is 11.5. The number of methoxy groups -OCH3 is 2. The number of esters is 2. The molecule has 0 unspecified atom stereocenters. The van der Waals surface area contributed by atoms with Crippen molar-refractivity contribution in [1.29, 1.82) is 0 Å². The van der Waals surface area contributed by atoms with E-state index in [2.05, 4.69) is 9.47 Å². The van der Waals surface area contributed by atoms with E-state index < -0.39 is 0 Å². The lowest BCUT2D eigenvalue weighted by Gasteiger charge is -2.00. The fraction of sp³-hybridized carbons (Fsp3) is 0.750. The number of carbonyl (C=O) groups excluding carboxylic acids is 2. The maximum Gasteiger partial charge on any atom is 0.306 e. The van der Waals surface area contributed by atoms with Crippen molar-refractivity contribution in [3.05, 3.63) is 0 Å². The van der Waals surface area contributed by atoms with Gasteiger partial charge in [0.2, 0.25) is 0 Å². The Bertz CT molecular complexity index is 178. The van der Waals surface area contributed by atoms with Crippen LogP contribution in [0.5, 0.6) is 0 Å². The van der Waals surface area contributed by atoms with Gasteiger partial charge in [-0.05, 0) is 9.83 Å². The molecule has 0 saturated heterocycles. The predicted molar refractivity (Wildman–Crippen MR) is 65.8 cm³/mol. The van der Waals surface area contributed by atoms with Gasteiger partial charge in [-0.15, -0.1) is 0 Å². The molecule has 0 saturated carbocycles. The van der Waals surface area contributed by atoms with Gasteiger partial charge in [0.1, 0.15) is 0 Å². The highest BCUT2D eigenvalue weighted by atomic mass is 33.5. The molecule has 0 amide bonds. The van der Waals surface area contributed by atoms with E-state index in [-0.39, 0.29) is 11.9 Å². The van der Waals surface area contributed by atoms with E-state index in [0.717, 1.165) is 11.5 Å². The monoisotopic (exact) mass is 270 g/mol. The van der Waals surface area contributed by atoms with Gasteiger partial charge >= 0.3 is 11.9 Å². The molecule has 7 heteroatoms. The summed E-state index contributed by atoms with van der Waals surface area (Å²) < 4.78 is 8.99. The fourth-order valence-electron chi connectivity index (χ4n) is 0.556. The molecule has 4 nitrogen and oxygen atoms in total. The van der Waals surface area contributed by atoms with E-state index in [4.69, 9.17) is 0 Å². The summed E-state index contributed by atoms with van der Waals surface area (Å²) in [6, 6.07) is 0. The summed E-state index contributed by atoms with van der Waals surface area (Å²) in [5.41, 5.74) is 0. The minimum atomic E-state index is -0.192. The minimum absolute atomic E-state index is 0.192. The fourth-order valence-corrected chi connectivity index (χ4v) is 4.21. The van der Waals surface area contributed by atoms with E-state index in [0.29, 0.717) is 12.8 Å². The number of hydrogen-bond donors (Lipinski definition) is 0. The van der Waals surface area contributed by atoms with Crippen LogP contribution in [0.1, 0.15) is 12.8 Å². The summed E-state index contributed by atoms with van der Waals surface area (Å²) in [6.07, 6.45) is 0.845. The first-order chi connectivity index (χ1) is 7.20.